The lowest BCUT2D eigenvalue weighted by atomic mass is 10.0. The van der Waals surface area contributed by atoms with E-state index in [0.717, 1.165) is 24.3 Å². The van der Waals surface area contributed by atoms with Gasteiger partial charge in [-0.3, -0.25) is 9.59 Å². The fourth-order valence-electron chi connectivity index (χ4n) is 3.16. The number of carbonyl (C=O) groups excluding carboxylic acids is 2. The highest BCUT2D eigenvalue weighted by atomic mass is 16.5. The minimum absolute atomic E-state index is 0.0266. The molecule has 1 aliphatic rings. The van der Waals surface area contributed by atoms with E-state index in [9.17, 15) is 9.59 Å². The van der Waals surface area contributed by atoms with Crippen molar-refractivity contribution in [2.45, 2.75) is 18.8 Å². The Morgan fingerprint density at radius 3 is 2.81 bits per heavy atom. The quantitative estimate of drug-likeness (QED) is 0.777. The number of carbonyl (C=O) groups is 2. The van der Waals surface area contributed by atoms with E-state index >= 15 is 0 Å². The number of ether oxygens (including phenoxy) is 1. The van der Waals surface area contributed by atoms with Gasteiger partial charge < -0.3 is 15.0 Å². The van der Waals surface area contributed by atoms with Crippen LogP contribution in [0.25, 0.3) is 0 Å². The lowest BCUT2D eigenvalue weighted by molar-refractivity contribution is -0.117. The van der Waals surface area contributed by atoms with Crippen molar-refractivity contribution < 1.29 is 14.3 Å². The van der Waals surface area contributed by atoms with Crippen LogP contribution in [0.5, 0.6) is 5.75 Å². The second kappa shape index (κ2) is 8.15. The molecule has 0 radical (unpaired) electrons. The summed E-state index contributed by atoms with van der Waals surface area (Å²) in [5.41, 5.74) is 2.15. The standard InChI is InChI=1S/C21H24N2O3/c1-23(2)11-6-12-26-16-8-5-7-15(13-16)22-21(25)19-14-20(24)18-10-4-3-9-17(18)19/h3-5,7-10,13,19H,6,11-12,14H2,1-2H3,(H,22,25). The van der Waals surface area contributed by atoms with Crippen LogP contribution in [0.3, 0.4) is 0 Å². The largest absolute Gasteiger partial charge is 0.493 e. The molecule has 1 amide bonds. The van der Waals surface area contributed by atoms with Crippen LogP contribution >= 0.6 is 0 Å². The number of hydrogen-bond donors (Lipinski definition) is 1. The van der Waals surface area contributed by atoms with Gasteiger partial charge in [0.05, 0.1) is 12.5 Å². The van der Waals surface area contributed by atoms with Gasteiger partial charge in [-0.1, -0.05) is 30.3 Å². The van der Waals surface area contributed by atoms with Crippen LogP contribution in [0.2, 0.25) is 0 Å². The average Bonchev–Trinajstić information content (AvgIpc) is 2.96. The molecule has 0 aromatic heterocycles. The van der Waals surface area contributed by atoms with Crippen LogP contribution in [0.15, 0.2) is 48.5 Å². The topological polar surface area (TPSA) is 58.6 Å². The number of rotatable bonds is 7. The molecule has 1 aliphatic carbocycles. The Bertz CT molecular complexity index is 801. The lowest BCUT2D eigenvalue weighted by Crippen LogP contribution is -2.19. The number of amides is 1. The summed E-state index contributed by atoms with van der Waals surface area (Å²) < 4.78 is 5.75. The van der Waals surface area contributed by atoms with Crippen molar-refractivity contribution in [1.82, 2.24) is 4.90 Å². The van der Waals surface area contributed by atoms with Crippen molar-refractivity contribution in [2.24, 2.45) is 0 Å². The zero-order valence-electron chi connectivity index (χ0n) is 15.2. The number of nitrogens with zero attached hydrogens (tertiary/aromatic N) is 1. The molecule has 0 spiro atoms. The molecule has 0 saturated carbocycles. The van der Waals surface area contributed by atoms with Crippen LogP contribution in [-0.4, -0.2) is 43.8 Å². The Morgan fingerprint density at radius 1 is 1.19 bits per heavy atom. The summed E-state index contributed by atoms with van der Waals surface area (Å²) in [5, 5.41) is 2.91. The maximum Gasteiger partial charge on any atom is 0.232 e. The van der Waals surface area contributed by atoms with Crippen LogP contribution in [0.4, 0.5) is 5.69 Å². The van der Waals surface area contributed by atoms with Crippen molar-refractivity contribution in [3.8, 4) is 5.75 Å². The van der Waals surface area contributed by atoms with Crippen LogP contribution in [0.1, 0.15) is 34.7 Å². The molecule has 5 nitrogen and oxygen atoms in total. The van der Waals surface area contributed by atoms with E-state index in [-0.39, 0.29) is 18.1 Å². The minimum atomic E-state index is -0.427. The van der Waals surface area contributed by atoms with Gasteiger partial charge in [0, 0.05) is 30.3 Å². The predicted molar refractivity (Wildman–Crippen MR) is 102 cm³/mol. The van der Waals surface area contributed by atoms with Gasteiger partial charge in [-0.05, 0) is 38.2 Å². The van der Waals surface area contributed by atoms with Gasteiger partial charge in [0.2, 0.25) is 5.91 Å². The Balaban J connectivity index is 1.62. The molecule has 0 fully saturated rings. The summed E-state index contributed by atoms with van der Waals surface area (Å²) in [6, 6.07) is 14.7. The van der Waals surface area contributed by atoms with E-state index in [1.54, 1.807) is 6.07 Å². The average molecular weight is 352 g/mol. The molecule has 5 heteroatoms. The van der Waals surface area contributed by atoms with Gasteiger partial charge in [-0.15, -0.1) is 0 Å². The number of anilines is 1. The summed E-state index contributed by atoms with van der Waals surface area (Å²) in [7, 11) is 4.06. The van der Waals surface area contributed by atoms with Gasteiger partial charge >= 0.3 is 0 Å². The number of benzene rings is 2. The lowest BCUT2D eigenvalue weighted by Gasteiger charge is -2.13. The van der Waals surface area contributed by atoms with Crippen molar-refractivity contribution >= 4 is 17.4 Å². The fourth-order valence-corrected chi connectivity index (χ4v) is 3.16. The van der Waals surface area contributed by atoms with E-state index in [4.69, 9.17) is 4.74 Å². The summed E-state index contributed by atoms with van der Waals surface area (Å²) in [4.78, 5) is 26.8. The molecule has 136 valence electrons. The Labute approximate surface area is 154 Å². The molecule has 0 saturated heterocycles. The monoisotopic (exact) mass is 352 g/mol. The van der Waals surface area contributed by atoms with Gasteiger partial charge in [-0.25, -0.2) is 0 Å². The first-order chi connectivity index (χ1) is 12.5. The Morgan fingerprint density at radius 2 is 2.00 bits per heavy atom. The van der Waals surface area contributed by atoms with E-state index in [1.807, 2.05) is 56.6 Å². The summed E-state index contributed by atoms with van der Waals surface area (Å²) >= 11 is 0. The molecule has 26 heavy (non-hydrogen) atoms. The zero-order chi connectivity index (χ0) is 18.5. The van der Waals surface area contributed by atoms with Gasteiger partial charge in [0.25, 0.3) is 0 Å². The molecule has 0 heterocycles. The number of hydrogen-bond acceptors (Lipinski definition) is 4. The van der Waals surface area contributed by atoms with Crippen molar-refractivity contribution in [2.75, 3.05) is 32.6 Å². The number of Topliss-reactive ketones (excluding diaryl/α,β-unsaturated/α-hetero) is 1. The van der Waals surface area contributed by atoms with Gasteiger partial charge in [-0.2, -0.15) is 0 Å². The summed E-state index contributed by atoms with van der Waals surface area (Å²) in [5.74, 6) is 0.166. The van der Waals surface area contributed by atoms with Crippen molar-refractivity contribution in [3.63, 3.8) is 0 Å². The van der Waals surface area contributed by atoms with Crippen molar-refractivity contribution in [1.29, 1.82) is 0 Å². The summed E-state index contributed by atoms with van der Waals surface area (Å²) in [6.07, 6.45) is 1.16. The third-order valence-corrected chi connectivity index (χ3v) is 4.46. The molecular weight excluding hydrogens is 328 g/mol. The maximum atomic E-state index is 12.7. The SMILES string of the molecule is CN(C)CCCOc1cccc(NC(=O)C2CC(=O)c3ccccc32)c1. The highest BCUT2D eigenvalue weighted by Crippen LogP contribution is 2.34. The first-order valence-electron chi connectivity index (χ1n) is 8.85. The van der Waals surface area contributed by atoms with Gasteiger partial charge in [0.1, 0.15) is 5.75 Å². The third-order valence-electron chi connectivity index (χ3n) is 4.46. The Hall–Kier alpha value is -2.66. The first kappa shape index (κ1) is 18.1. The predicted octanol–water partition coefficient (Wildman–Crippen LogP) is 3.33. The van der Waals surface area contributed by atoms with Crippen LogP contribution in [0, 0.1) is 0 Å². The molecule has 2 aromatic carbocycles. The van der Waals surface area contributed by atoms with Gasteiger partial charge in [0.15, 0.2) is 5.78 Å². The highest BCUT2D eigenvalue weighted by Gasteiger charge is 2.33. The smallest absolute Gasteiger partial charge is 0.232 e. The minimum Gasteiger partial charge on any atom is -0.493 e. The second-order valence-corrected chi connectivity index (χ2v) is 6.79. The molecule has 0 bridgehead atoms. The number of ketones is 1. The third kappa shape index (κ3) is 4.29. The van der Waals surface area contributed by atoms with Crippen LogP contribution < -0.4 is 10.1 Å². The fraction of sp³-hybridized carbons (Fsp3) is 0.333. The normalized spacial score (nSPS) is 15.8. The van der Waals surface area contributed by atoms with E-state index < -0.39 is 5.92 Å². The Kier molecular flexibility index (Phi) is 5.68. The molecule has 0 aliphatic heterocycles. The molecule has 2 aromatic rings. The number of nitrogens with one attached hydrogen (secondary N) is 1. The molecule has 1 unspecified atom stereocenters. The molecular formula is C21H24N2O3. The summed E-state index contributed by atoms with van der Waals surface area (Å²) in [6.45, 7) is 1.59. The first-order valence-corrected chi connectivity index (χ1v) is 8.85. The van der Waals surface area contributed by atoms with E-state index in [1.165, 1.54) is 0 Å². The number of fused-ring (bicyclic) bond motifs is 1. The molecule has 1 N–H and O–H groups in total. The van der Waals surface area contributed by atoms with E-state index in [0.29, 0.717) is 17.9 Å². The highest BCUT2D eigenvalue weighted by molar-refractivity contribution is 6.09. The van der Waals surface area contributed by atoms with E-state index in [2.05, 4.69) is 10.2 Å². The zero-order valence-corrected chi connectivity index (χ0v) is 15.2. The van der Waals surface area contributed by atoms with Crippen LogP contribution in [-0.2, 0) is 4.79 Å². The maximum absolute atomic E-state index is 12.7. The van der Waals surface area contributed by atoms with Crippen molar-refractivity contribution in [3.05, 3.63) is 59.7 Å². The molecule has 3 rings (SSSR count). The molecule has 1 atom stereocenters. The second-order valence-electron chi connectivity index (χ2n) is 6.79.